The van der Waals surface area contributed by atoms with Crippen LogP contribution in [-0.2, 0) is 9.53 Å². The number of amides is 1. The summed E-state index contributed by atoms with van der Waals surface area (Å²) in [5, 5.41) is 15.4. The molecule has 1 heterocycles. The smallest absolute Gasteiger partial charge is 0.246 e. The third kappa shape index (κ3) is 5.71. The Bertz CT molecular complexity index is 851. The van der Waals surface area contributed by atoms with E-state index in [-0.39, 0.29) is 24.3 Å². The van der Waals surface area contributed by atoms with Crippen molar-refractivity contribution in [2.45, 2.75) is 20.0 Å². The van der Waals surface area contributed by atoms with Gasteiger partial charge in [-0.25, -0.2) is 4.99 Å². The number of aromatic hydroxyl groups is 1. The Morgan fingerprint density at radius 3 is 2.72 bits per heavy atom. The van der Waals surface area contributed by atoms with Gasteiger partial charge in [0.05, 0.1) is 13.2 Å². The van der Waals surface area contributed by atoms with E-state index in [1.54, 1.807) is 12.1 Å². The van der Waals surface area contributed by atoms with Crippen molar-refractivity contribution in [1.29, 1.82) is 0 Å². The Labute approximate surface area is 171 Å². The molecule has 0 saturated carbocycles. The van der Waals surface area contributed by atoms with Gasteiger partial charge in [-0.1, -0.05) is 24.3 Å². The quantitative estimate of drug-likeness (QED) is 0.411. The molecule has 0 aromatic heterocycles. The number of carbonyl (C=O) groups is 1. The summed E-state index contributed by atoms with van der Waals surface area (Å²) >= 11 is 0. The zero-order valence-electron chi connectivity index (χ0n) is 16.9. The minimum Gasteiger partial charge on any atom is -0.508 e. The monoisotopic (exact) mass is 396 g/mol. The molecule has 7 heteroatoms. The van der Waals surface area contributed by atoms with E-state index in [9.17, 15) is 9.90 Å². The lowest BCUT2D eigenvalue weighted by Crippen LogP contribution is -2.48. The standard InChI is InChI=1S/C22H28N4O3/c1-3-23-22(24-14-21(28)25-17-8-10-18(27)11-9-17)26-12-13-29-20(15-26)19-7-5-4-6-16(19)2/h4-11,20,27H,3,12-15H2,1-2H3,(H,23,24)(H,25,28). The zero-order valence-corrected chi connectivity index (χ0v) is 16.9. The van der Waals surface area contributed by atoms with Crippen molar-refractivity contribution in [3.63, 3.8) is 0 Å². The normalized spacial score (nSPS) is 17.1. The molecule has 1 saturated heterocycles. The van der Waals surface area contributed by atoms with E-state index in [1.165, 1.54) is 23.3 Å². The maximum absolute atomic E-state index is 12.3. The van der Waals surface area contributed by atoms with Gasteiger partial charge in [-0.05, 0) is 49.2 Å². The number of rotatable bonds is 5. The van der Waals surface area contributed by atoms with Crippen LogP contribution in [0.3, 0.4) is 0 Å². The Morgan fingerprint density at radius 1 is 1.24 bits per heavy atom. The number of aryl methyl sites for hydroxylation is 1. The first-order chi connectivity index (χ1) is 14.1. The predicted octanol–water partition coefficient (Wildman–Crippen LogP) is 2.68. The lowest BCUT2D eigenvalue weighted by atomic mass is 10.0. The molecule has 2 aromatic carbocycles. The molecule has 3 rings (SSSR count). The van der Waals surface area contributed by atoms with Crippen LogP contribution < -0.4 is 10.6 Å². The van der Waals surface area contributed by atoms with E-state index in [4.69, 9.17) is 4.74 Å². The minimum atomic E-state index is -0.213. The maximum Gasteiger partial charge on any atom is 0.246 e. The predicted molar refractivity (Wildman–Crippen MR) is 114 cm³/mol. The molecule has 1 atom stereocenters. The van der Waals surface area contributed by atoms with Crippen molar-refractivity contribution in [2.75, 3.05) is 38.1 Å². The first-order valence-electron chi connectivity index (χ1n) is 9.86. The summed E-state index contributed by atoms with van der Waals surface area (Å²) in [6, 6.07) is 14.6. The Balaban J connectivity index is 1.65. The first-order valence-corrected chi connectivity index (χ1v) is 9.86. The molecule has 0 aliphatic carbocycles. The number of phenols is 1. The molecule has 3 N–H and O–H groups in total. The molecule has 0 bridgehead atoms. The van der Waals surface area contributed by atoms with Crippen LogP contribution in [0, 0.1) is 6.92 Å². The summed E-state index contributed by atoms with van der Waals surface area (Å²) in [7, 11) is 0. The highest BCUT2D eigenvalue weighted by molar-refractivity contribution is 5.94. The number of aliphatic imine (C=N–C) groups is 1. The molecule has 7 nitrogen and oxygen atoms in total. The third-order valence-electron chi connectivity index (χ3n) is 4.76. The Hall–Kier alpha value is -3.06. The molecule has 154 valence electrons. The summed E-state index contributed by atoms with van der Waals surface area (Å²) in [6.07, 6.45) is -0.0281. The van der Waals surface area contributed by atoms with Crippen molar-refractivity contribution in [2.24, 2.45) is 4.99 Å². The number of hydrogen-bond acceptors (Lipinski definition) is 4. The maximum atomic E-state index is 12.3. The molecule has 1 amide bonds. The highest BCUT2D eigenvalue weighted by Crippen LogP contribution is 2.25. The number of phenolic OH excluding ortho intramolecular Hbond substituents is 1. The average molecular weight is 396 g/mol. The summed E-state index contributed by atoms with van der Waals surface area (Å²) in [5.74, 6) is 0.649. The number of morpholine rings is 1. The summed E-state index contributed by atoms with van der Waals surface area (Å²) < 4.78 is 5.99. The van der Waals surface area contributed by atoms with Crippen LogP contribution in [0.1, 0.15) is 24.2 Å². The van der Waals surface area contributed by atoms with Crippen molar-refractivity contribution in [3.8, 4) is 5.75 Å². The average Bonchev–Trinajstić information content (AvgIpc) is 2.73. The number of benzene rings is 2. The second-order valence-electron chi connectivity index (χ2n) is 6.93. The lowest BCUT2D eigenvalue weighted by Gasteiger charge is -2.35. The number of hydrogen-bond donors (Lipinski definition) is 3. The van der Waals surface area contributed by atoms with Crippen LogP contribution in [0.25, 0.3) is 0 Å². The van der Waals surface area contributed by atoms with E-state index in [1.807, 2.05) is 19.1 Å². The van der Waals surface area contributed by atoms with Crippen molar-refractivity contribution < 1.29 is 14.6 Å². The molecule has 1 aliphatic rings. The van der Waals surface area contributed by atoms with Gasteiger partial charge in [-0.3, -0.25) is 4.79 Å². The fourth-order valence-electron chi connectivity index (χ4n) is 3.30. The fraction of sp³-hybridized carbons (Fsp3) is 0.364. The molecular formula is C22H28N4O3. The fourth-order valence-corrected chi connectivity index (χ4v) is 3.30. The van der Waals surface area contributed by atoms with Crippen LogP contribution in [-0.4, -0.2) is 54.7 Å². The van der Waals surface area contributed by atoms with Gasteiger partial charge in [0.15, 0.2) is 5.96 Å². The van der Waals surface area contributed by atoms with Gasteiger partial charge < -0.3 is 25.4 Å². The van der Waals surface area contributed by atoms with E-state index in [2.05, 4.69) is 39.6 Å². The largest absolute Gasteiger partial charge is 0.508 e. The SMILES string of the molecule is CCNC(=NCC(=O)Nc1ccc(O)cc1)N1CCOC(c2ccccc2C)C1. The van der Waals surface area contributed by atoms with Gasteiger partial charge in [-0.15, -0.1) is 0 Å². The topological polar surface area (TPSA) is 86.2 Å². The summed E-state index contributed by atoms with van der Waals surface area (Å²) in [4.78, 5) is 18.9. The van der Waals surface area contributed by atoms with Gasteiger partial charge in [0, 0.05) is 18.8 Å². The number of nitrogens with one attached hydrogen (secondary N) is 2. The van der Waals surface area contributed by atoms with Crippen molar-refractivity contribution in [1.82, 2.24) is 10.2 Å². The van der Waals surface area contributed by atoms with Gasteiger partial charge in [0.25, 0.3) is 0 Å². The van der Waals surface area contributed by atoms with E-state index < -0.39 is 0 Å². The van der Waals surface area contributed by atoms with Crippen LogP contribution in [0.4, 0.5) is 5.69 Å². The van der Waals surface area contributed by atoms with E-state index in [0.717, 1.165) is 0 Å². The number of carbonyl (C=O) groups excluding carboxylic acids is 1. The second kappa shape index (κ2) is 9.93. The highest BCUT2D eigenvalue weighted by atomic mass is 16.5. The van der Waals surface area contributed by atoms with E-state index >= 15 is 0 Å². The van der Waals surface area contributed by atoms with Gasteiger partial charge >= 0.3 is 0 Å². The number of guanidine groups is 1. The highest BCUT2D eigenvalue weighted by Gasteiger charge is 2.25. The van der Waals surface area contributed by atoms with Crippen LogP contribution in [0.2, 0.25) is 0 Å². The molecule has 0 radical (unpaired) electrons. The molecule has 1 fully saturated rings. The summed E-state index contributed by atoms with van der Waals surface area (Å²) in [5.41, 5.74) is 3.01. The Morgan fingerprint density at radius 2 is 2.00 bits per heavy atom. The summed E-state index contributed by atoms with van der Waals surface area (Å²) in [6.45, 7) is 6.81. The van der Waals surface area contributed by atoms with E-state index in [0.29, 0.717) is 37.9 Å². The molecular weight excluding hydrogens is 368 g/mol. The van der Waals surface area contributed by atoms with Crippen LogP contribution in [0.5, 0.6) is 5.75 Å². The van der Waals surface area contributed by atoms with Gasteiger partial charge in [-0.2, -0.15) is 0 Å². The molecule has 1 unspecified atom stereocenters. The molecule has 0 spiro atoms. The minimum absolute atomic E-state index is 0.00952. The van der Waals surface area contributed by atoms with Crippen molar-refractivity contribution in [3.05, 3.63) is 59.7 Å². The lowest BCUT2D eigenvalue weighted by molar-refractivity contribution is -0.114. The van der Waals surface area contributed by atoms with Gasteiger partial charge in [0.2, 0.25) is 5.91 Å². The van der Waals surface area contributed by atoms with Crippen molar-refractivity contribution >= 4 is 17.6 Å². The third-order valence-corrected chi connectivity index (χ3v) is 4.76. The number of ether oxygens (including phenoxy) is 1. The van der Waals surface area contributed by atoms with Crippen LogP contribution >= 0.6 is 0 Å². The molecule has 29 heavy (non-hydrogen) atoms. The van der Waals surface area contributed by atoms with Crippen LogP contribution in [0.15, 0.2) is 53.5 Å². The molecule has 2 aromatic rings. The zero-order chi connectivity index (χ0) is 20.6. The number of nitrogens with zero attached hydrogens (tertiary/aromatic N) is 2. The molecule has 1 aliphatic heterocycles. The Kier molecular flexibility index (Phi) is 7.08. The second-order valence-corrected chi connectivity index (χ2v) is 6.93. The number of anilines is 1. The van der Waals surface area contributed by atoms with Gasteiger partial charge in [0.1, 0.15) is 18.4 Å². The first kappa shape index (κ1) is 20.7.